The van der Waals surface area contributed by atoms with Gasteiger partial charge in [-0.3, -0.25) is 10.1 Å². The van der Waals surface area contributed by atoms with Gasteiger partial charge in [0.15, 0.2) is 0 Å². The van der Waals surface area contributed by atoms with Gasteiger partial charge in [-0.1, -0.05) is 0 Å². The average Bonchev–Trinajstić information content (AvgIpc) is 3.19. The zero-order valence-electron chi connectivity index (χ0n) is 19.9. The Morgan fingerprint density at radius 1 is 1.25 bits per heavy atom. The molecule has 1 atom stereocenters. The first-order valence-corrected chi connectivity index (χ1v) is 12.8. The van der Waals surface area contributed by atoms with E-state index in [9.17, 15) is 26.8 Å². The third-order valence-corrected chi connectivity index (χ3v) is 7.57. The molecule has 0 saturated heterocycles. The van der Waals surface area contributed by atoms with Crippen molar-refractivity contribution in [2.45, 2.75) is 45.4 Å². The number of alkyl halides is 2. The molecule has 0 unspecified atom stereocenters. The number of hydrogen-bond donors (Lipinski definition) is 2. The van der Waals surface area contributed by atoms with Gasteiger partial charge in [-0.25, -0.2) is 32.5 Å². The highest BCUT2D eigenvalue weighted by molar-refractivity contribution is 7.89. The van der Waals surface area contributed by atoms with Crippen LogP contribution < -0.4 is 15.4 Å². The predicted molar refractivity (Wildman–Crippen MR) is 127 cm³/mol. The van der Waals surface area contributed by atoms with E-state index in [4.69, 9.17) is 4.74 Å². The lowest BCUT2D eigenvalue weighted by atomic mass is 10.1. The van der Waals surface area contributed by atoms with E-state index in [1.54, 1.807) is 20.8 Å². The first-order valence-electron chi connectivity index (χ1n) is 10.3. The molecule has 0 spiro atoms. The number of aliphatic imine (C=N–C) groups is 1. The normalized spacial score (nSPS) is 19.4. The minimum Gasteiger partial charge on any atom is -0.444 e. The standard InChI is InChI=1S/C20H24F2N6O6S2/c1-19(2,3)34-18(30)26-17-27-20(4,10-36(31,32)28(17)5)15-25-13(9-35-15)24-14(29)12-7-6-11(8-23-12)33-16(21)22/h6-9,16H,10H2,1-5H3,(H,24,29)(H,26,27,30)/t20-/m0/s1. The van der Waals surface area contributed by atoms with E-state index in [1.165, 1.54) is 31.5 Å². The van der Waals surface area contributed by atoms with Crippen molar-refractivity contribution in [2.75, 3.05) is 18.1 Å². The lowest BCUT2D eigenvalue weighted by Crippen LogP contribution is -2.54. The number of anilines is 1. The molecule has 2 aromatic heterocycles. The van der Waals surface area contributed by atoms with E-state index in [0.29, 0.717) is 0 Å². The number of carbonyl (C=O) groups excluding carboxylic acids is 2. The fourth-order valence-electron chi connectivity index (χ4n) is 2.98. The largest absolute Gasteiger partial charge is 0.444 e. The summed E-state index contributed by atoms with van der Waals surface area (Å²) in [6.07, 6.45) is 0.100. The topological polar surface area (TPSA) is 152 Å². The van der Waals surface area contributed by atoms with Gasteiger partial charge in [-0.05, 0) is 39.8 Å². The van der Waals surface area contributed by atoms with Crippen molar-refractivity contribution in [3.63, 3.8) is 0 Å². The van der Waals surface area contributed by atoms with Gasteiger partial charge in [0, 0.05) is 12.4 Å². The SMILES string of the molecule is CN1C(NC(=O)OC(C)(C)C)=N[C@](C)(c2nc(NC(=O)c3ccc(OC(F)F)cn3)cs2)CS1(=O)=O. The molecule has 0 bridgehead atoms. The number of amides is 2. The third-order valence-electron chi connectivity index (χ3n) is 4.55. The first kappa shape index (κ1) is 27.2. The van der Waals surface area contributed by atoms with E-state index in [1.807, 2.05) is 0 Å². The van der Waals surface area contributed by atoms with Gasteiger partial charge in [0.2, 0.25) is 16.0 Å². The quantitative estimate of drug-likeness (QED) is 0.581. The fraction of sp³-hybridized carbons (Fsp3) is 0.450. The molecular formula is C20H24F2N6O6S2. The molecule has 0 saturated carbocycles. The summed E-state index contributed by atoms with van der Waals surface area (Å²) in [5, 5.41) is 6.60. The fourth-order valence-corrected chi connectivity index (χ4v) is 5.38. The highest BCUT2D eigenvalue weighted by atomic mass is 32.2. The van der Waals surface area contributed by atoms with Crippen molar-refractivity contribution in [1.82, 2.24) is 19.6 Å². The lowest BCUT2D eigenvalue weighted by Gasteiger charge is -2.34. The number of rotatable bonds is 5. The number of guanidine groups is 1. The van der Waals surface area contributed by atoms with Gasteiger partial charge < -0.3 is 14.8 Å². The molecule has 16 heteroatoms. The van der Waals surface area contributed by atoms with Crippen LogP contribution in [0.1, 0.15) is 43.2 Å². The van der Waals surface area contributed by atoms with Gasteiger partial charge in [-0.15, -0.1) is 11.3 Å². The van der Waals surface area contributed by atoms with Gasteiger partial charge >= 0.3 is 12.7 Å². The highest BCUT2D eigenvalue weighted by Gasteiger charge is 2.43. The van der Waals surface area contributed by atoms with E-state index >= 15 is 0 Å². The Labute approximate surface area is 209 Å². The Morgan fingerprint density at radius 2 is 1.94 bits per heavy atom. The van der Waals surface area contributed by atoms with Crippen LogP contribution in [0.2, 0.25) is 0 Å². The van der Waals surface area contributed by atoms with Crippen molar-refractivity contribution in [1.29, 1.82) is 0 Å². The maximum absolute atomic E-state index is 12.8. The number of alkyl carbamates (subject to hydrolysis) is 1. The smallest absolute Gasteiger partial charge is 0.414 e. The number of hydrogen-bond acceptors (Lipinski definition) is 10. The molecule has 0 radical (unpaired) electrons. The highest BCUT2D eigenvalue weighted by Crippen LogP contribution is 2.35. The van der Waals surface area contributed by atoms with E-state index in [0.717, 1.165) is 21.8 Å². The molecule has 2 N–H and O–H groups in total. The summed E-state index contributed by atoms with van der Waals surface area (Å²) < 4.78 is 60.4. The van der Waals surface area contributed by atoms with Gasteiger partial charge in [0.1, 0.15) is 39.2 Å². The van der Waals surface area contributed by atoms with Gasteiger partial charge in [0.05, 0.1) is 6.20 Å². The van der Waals surface area contributed by atoms with Gasteiger partial charge in [-0.2, -0.15) is 8.78 Å². The van der Waals surface area contributed by atoms with Crippen LogP contribution in [0.15, 0.2) is 28.7 Å². The molecule has 0 aliphatic carbocycles. The Bertz CT molecular complexity index is 1280. The number of pyridine rings is 1. The van der Waals surface area contributed by atoms with Crippen molar-refractivity contribution >= 4 is 45.1 Å². The average molecular weight is 547 g/mol. The summed E-state index contributed by atoms with van der Waals surface area (Å²) in [4.78, 5) is 37.2. The Kier molecular flexibility index (Phi) is 7.50. The van der Waals surface area contributed by atoms with Crippen LogP contribution >= 0.6 is 11.3 Å². The molecule has 3 heterocycles. The second kappa shape index (κ2) is 9.93. The van der Waals surface area contributed by atoms with Crippen LogP contribution in [0.3, 0.4) is 0 Å². The monoisotopic (exact) mass is 546 g/mol. The summed E-state index contributed by atoms with van der Waals surface area (Å²) in [6, 6.07) is 2.36. The Balaban J connectivity index is 1.80. The van der Waals surface area contributed by atoms with E-state index < -0.39 is 45.5 Å². The molecule has 0 aromatic carbocycles. The van der Waals surface area contributed by atoms with Crippen LogP contribution in [0.25, 0.3) is 0 Å². The number of sulfonamides is 1. The maximum atomic E-state index is 12.8. The number of halogens is 2. The van der Waals surface area contributed by atoms with Crippen molar-refractivity contribution < 1.29 is 36.3 Å². The molecule has 0 fully saturated rings. The summed E-state index contributed by atoms with van der Waals surface area (Å²) in [5.41, 5.74) is -2.27. The third kappa shape index (κ3) is 6.63. The zero-order valence-corrected chi connectivity index (χ0v) is 21.5. The molecule has 36 heavy (non-hydrogen) atoms. The Hall–Kier alpha value is -3.40. The van der Waals surface area contributed by atoms with Crippen LogP contribution in [-0.2, 0) is 20.3 Å². The summed E-state index contributed by atoms with van der Waals surface area (Å²) in [6.45, 7) is 3.49. The second-order valence-electron chi connectivity index (χ2n) is 8.81. The number of nitrogens with zero attached hydrogens (tertiary/aromatic N) is 4. The van der Waals surface area contributed by atoms with Crippen LogP contribution in [0.5, 0.6) is 5.75 Å². The number of carbonyl (C=O) groups is 2. The van der Waals surface area contributed by atoms with E-state index in [2.05, 4.69) is 30.3 Å². The maximum Gasteiger partial charge on any atom is 0.414 e. The summed E-state index contributed by atoms with van der Waals surface area (Å²) in [5.74, 6) is -1.46. The molecule has 3 rings (SSSR count). The van der Waals surface area contributed by atoms with E-state index in [-0.39, 0.29) is 28.2 Å². The molecule has 1 aliphatic rings. The predicted octanol–water partition coefficient (Wildman–Crippen LogP) is 2.76. The number of ether oxygens (including phenoxy) is 2. The first-order chi connectivity index (χ1) is 16.6. The van der Waals surface area contributed by atoms with Crippen molar-refractivity contribution in [2.24, 2.45) is 4.99 Å². The summed E-state index contributed by atoms with van der Waals surface area (Å²) in [7, 11) is -2.64. The summed E-state index contributed by atoms with van der Waals surface area (Å²) >= 11 is 1.05. The second-order valence-corrected chi connectivity index (χ2v) is 11.7. The molecule has 196 valence electrons. The number of aromatic nitrogens is 2. The van der Waals surface area contributed by atoms with Crippen LogP contribution in [0, 0.1) is 0 Å². The Morgan fingerprint density at radius 3 is 2.53 bits per heavy atom. The zero-order chi connectivity index (χ0) is 26.9. The van der Waals surface area contributed by atoms with Gasteiger partial charge in [0.25, 0.3) is 5.91 Å². The number of thiazole rings is 1. The molecule has 12 nitrogen and oxygen atoms in total. The van der Waals surface area contributed by atoms with Crippen molar-refractivity contribution in [3.8, 4) is 5.75 Å². The van der Waals surface area contributed by atoms with Crippen LogP contribution in [-0.4, -0.2) is 65.7 Å². The minimum absolute atomic E-state index is 0.0823. The molecule has 2 aromatic rings. The van der Waals surface area contributed by atoms with Crippen molar-refractivity contribution in [3.05, 3.63) is 34.4 Å². The minimum atomic E-state index is -3.89. The lowest BCUT2D eigenvalue weighted by molar-refractivity contribution is -0.0500. The molecule has 1 aliphatic heterocycles. The van der Waals surface area contributed by atoms with Crippen LogP contribution in [0.4, 0.5) is 19.4 Å². The molecule has 2 amide bonds. The number of nitrogens with one attached hydrogen (secondary N) is 2. The molecular weight excluding hydrogens is 522 g/mol.